The molecular formula is C18H17BrN4O. The summed E-state index contributed by atoms with van der Waals surface area (Å²) < 4.78 is 2.86. The van der Waals surface area contributed by atoms with Crippen molar-refractivity contribution in [2.24, 2.45) is 0 Å². The highest BCUT2D eigenvalue weighted by molar-refractivity contribution is 9.10. The second-order valence-corrected chi connectivity index (χ2v) is 6.96. The summed E-state index contributed by atoms with van der Waals surface area (Å²) in [6.07, 6.45) is 6.40. The highest BCUT2D eigenvalue weighted by atomic mass is 79.9. The molecule has 0 aliphatic heterocycles. The molecule has 24 heavy (non-hydrogen) atoms. The molecule has 1 aliphatic carbocycles. The molecule has 3 aromatic rings. The number of hydrogen-bond acceptors (Lipinski definition) is 3. The van der Waals surface area contributed by atoms with Crippen LogP contribution in [-0.4, -0.2) is 26.5 Å². The van der Waals surface area contributed by atoms with Gasteiger partial charge in [0.05, 0.1) is 0 Å². The number of nitrogens with one attached hydrogen (secondary N) is 1. The molecule has 6 heteroatoms. The number of fused-ring (bicyclic) bond motifs is 1. The van der Waals surface area contributed by atoms with Gasteiger partial charge in [0.1, 0.15) is 0 Å². The van der Waals surface area contributed by atoms with Gasteiger partial charge in [-0.05, 0) is 31.0 Å². The van der Waals surface area contributed by atoms with Gasteiger partial charge in [-0.3, -0.25) is 9.20 Å². The molecule has 4 rings (SSSR count). The third-order valence-corrected chi connectivity index (χ3v) is 5.17. The zero-order valence-corrected chi connectivity index (χ0v) is 14.7. The van der Waals surface area contributed by atoms with E-state index in [1.807, 2.05) is 40.9 Å². The first-order valence-corrected chi connectivity index (χ1v) is 8.92. The van der Waals surface area contributed by atoms with Crippen molar-refractivity contribution >= 4 is 27.5 Å². The SMILES string of the molecule is O=C(NC1CCCC1)c1ccn2c(-c3ccccc3Br)nnc2c1. The van der Waals surface area contributed by atoms with E-state index in [-0.39, 0.29) is 5.91 Å². The van der Waals surface area contributed by atoms with E-state index in [9.17, 15) is 4.79 Å². The predicted molar refractivity (Wildman–Crippen MR) is 95.8 cm³/mol. The highest BCUT2D eigenvalue weighted by Crippen LogP contribution is 2.27. The number of rotatable bonds is 3. The molecule has 0 bridgehead atoms. The van der Waals surface area contributed by atoms with Crippen LogP contribution in [0.15, 0.2) is 47.1 Å². The molecule has 2 heterocycles. The van der Waals surface area contributed by atoms with Crippen LogP contribution in [0.25, 0.3) is 17.0 Å². The fraction of sp³-hybridized carbons (Fsp3) is 0.278. The van der Waals surface area contributed by atoms with Gasteiger partial charge in [-0.25, -0.2) is 0 Å². The first kappa shape index (κ1) is 15.3. The Balaban J connectivity index is 1.65. The number of carbonyl (C=O) groups is 1. The van der Waals surface area contributed by atoms with Crippen LogP contribution >= 0.6 is 15.9 Å². The van der Waals surface area contributed by atoms with E-state index < -0.39 is 0 Å². The summed E-state index contributed by atoms with van der Waals surface area (Å²) in [6.45, 7) is 0. The Hall–Kier alpha value is -2.21. The molecule has 2 aromatic heterocycles. The summed E-state index contributed by atoms with van der Waals surface area (Å²) in [5, 5.41) is 11.6. The fourth-order valence-corrected chi connectivity index (χ4v) is 3.66. The van der Waals surface area contributed by atoms with E-state index in [1.165, 1.54) is 12.8 Å². The lowest BCUT2D eigenvalue weighted by Crippen LogP contribution is -2.32. The van der Waals surface area contributed by atoms with Gasteiger partial charge < -0.3 is 5.32 Å². The minimum Gasteiger partial charge on any atom is -0.349 e. The maximum Gasteiger partial charge on any atom is 0.251 e. The zero-order chi connectivity index (χ0) is 16.5. The summed E-state index contributed by atoms with van der Waals surface area (Å²) in [6, 6.07) is 11.8. The van der Waals surface area contributed by atoms with E-state index in [4.69, 9.17) is 0 Å². The van der Waals surface area contributed by atoms with Crippen LogP contribution in [-0.2, 0) is 0 Å². The molecule has 5 nitrogen and oxygen atoms in total. The number of hydrogen-bond donors (Lipinski definition) is 1. The van der Waals surface area contributed by atoms with Crippen molar-refractivity contribution in [2.45, 2.75) is 31.7 Å². The Labute approximate surface area is 148 Å². The average molecular weight is 385 g/mol. The average Bonchev–Trinajstić information content (AvgIpc) is 3.24. The zero-order valence-electron chi connectivity index (χ0n) is 13.1. The lowest BCUT2D eigenvalue weighted by molar-refractivity contribution is 0.0938. The van der Waals surface area contributed by atoms with Gasteiger partial charge >= 0.3 is 0 Å². The lowest BCUT2D eigenvalue weighted by Gasteiger charge is -2.11. The molecule has 0 atom stereocenters. The van der Waals surface area contributed by atoms with E-state index in [0.717, 1.165) is 28.7 Å². The summed E-state index contributed by atoms with van der Waals surface area (Å²) in [7, 11) is 0. The molecule has 1 fully saturated rings. The fourth-order valence-electron chi connectivity index (χ4n) is 3.20. The summed E-state index contributed by atoms with van der Waals surface area (Å²) in [4.78, 5) is 12.4. The van der Waals surface area contributed by atoms with E-state index >= 15 is 0 Å². The number of amides is 1. The molecular weight excluding hydrogens is 368 g/mol. The van der Waals surface area contributed by atoms with Crippen molar-refractivity contribution in [3.05, 3.63) is 52.6 Å². The second-order valence-electron chi connectivity index (χ2n) is 6.10. The largest absolute Gasteiger partial charge is 0.349 e. The third kappa shape index (κ3) is 2.82. The molecule has 122 valence electrons. The third-order valence-electron chi connectivity index (χ3n) is 4.48. The second kappa shape index (κ2) is 6.36. The van der Waals surface area contributed by atoms with Gasteiger partial charge in [0.2, 0.25) is 0 Å². The van der Waals surface area contributed by atoms with Gasteiger partial charge in [0, 0.05) is 27.8 Å². The molecule has 0 radical (unpaired) electrons. The number of aromatic nitrogens is 3. The van der Waals surface area contributed by atoms with E-state index in [1.54, 1.807) is 6.07 Å². The van der Waals surface area contributed by atoms with E-state index in [0.29, 0.717) is 17.3 Å². The Kier molecular flexibility index (Phi) is 4.06. The molecule has 0 spiro atoms. The van der Waals surface area contributed by atoms with Crippen molar-refractivity contribution in [3.63, 3.8) is 0 Å². The summed E-state index contributed by atoms with van der Waals surface area (Å²) >= 11 is 3.54. The van der Waals surface area contributed by atoms with Crippen LogP contribution in [0.4, 0.5) is 0 Å². The van der Waals surface area contributed by atoms with Crippen molar-refractivity contribution < 1.29 is 4.79 Å². The van der Waals surface area contributed by atoms with Crippen LogP contribution in [0.1, 0.15) is 36.0 Å². The first-order chi connectivity index (χ1) is 11.7. The van der Waals surface area contributed by atoms with Crippen molar-refractivity contribution in [1.82, 2.24) is 19.9 Å². The van der Waals surface area contributed by atoms with Crippen LogP contribution in [0, 0.1) is 0 Å². The number of pyridine rings is 1. The molecule has 1 saturated carbocycles. The topological polar surface area (TPSA) is 59.3 Å². The normalized spacial score (nSPS) is 15.0. The summed E-state index contributed by atoms with van der Waals surface area (Å²) in [5.41, 5.74) is 2.26. The minimum atomic E-state index is -0.0326. The van der Waals surface area contributed by atoms with Gasteiger partial charge in [-0.2, -0.15) is 0 Å². The Morgan fingerprint density at radius 2 is 1.96 bits per heavy atom. The Bertz CT molecular complexity index is 899. The lowest BCUT2D eigenvalue weighted by atomic mass is 10.2. The van der Waals surface area contributed by atoms with Gasteiger partial charge in [-0.15, -0.1) is 10.2 Å². The standard InChI is InChI=1S/C18H17BrN4O/c19-15-8-4-3-7-14(15)17-22-21-16-11-12(9-10-23(16)17)18(24)20-13-5-1-2-6-13/h3-4,7-11,13H,1-2,5-6H2,(H,20,24). The predicted octanol–water partition coefficient (Wildman–Crippen LogP) is 3.83. The molecule has 1 aromatic carbocycles. The first-order valence-electron chi connectivity index (χ1n) is 8.13. The molecule has 0 unspecified atom stereocenters. The number of nitrogens with zero attached hydrogens (tertiary/aromatic N) is 3. The quantitative estimate of drug-likeness (QED) is 0.746. The number of benzene rings is 1. The van der Waals surface area contributed by atoms with Crippen LogP contribution < -0.4 is 5.32 Å². The molecule has 1 aliphatic rings. The van der Waals surface area contributed by atoms with Crippen molar-refractivity contribution in [2.75, 3.05) is 0 Å². The van der Waals surface area contributed by atoms with Gasteiger partial charge in [-0.1, -0.05) is 47.0 Å². The Morgan fingerprint density at radius 1 is 1.17 bits per heavy atom. The maximum absolute atomic E-state index is 12.4. The summed E-state index contributed by atoms with van der Waals surface area (Å²) in [5.74, 6) is 0.718. The van der Waals surface area contributed by atoms with Crippen molar-refractivity contribution in [3.8, 4) is 11.4 Å². The smallest absolute Gasteiger partial charge is 0.251 e. The van der Waals surface area contributed by atoms with E-state index in [2.05, 4.69) is 31.4 Å². The minimum absolute atomic E-state index is 0.0326. The molecule has 1 amide bonds. The van der Waals surface area contributed by atoms with Crippen LogP contribution in [0.2, 0.25) is 0 Å². The van der Waals surface area contributed by atoms with Gasteiger partial charge in [0.25, 0.3) is 5.91 Å². The van der Waals surface area contributed by atoms with Crippen molar-refractivity contribution in [1.29, 1.82) is 0 Å². The van der Waals surface area contributed by atoms with Gasteiger partial charge in [0.15, 0.2) is 11.5 Å². The molecule has 1 N–H and O–H groups in total. The maximum atomic E-state index is 12.4. The number of halogens is 1. The Morgan fingerprint density at radius 3 is 2.75 bits per heavy atom. The number of carbonyl (C=O) groups excluding carboxylic acids is 1. The monoisotopic (exact) mass is 384 g/mol. The van der Waals surface area contributed by atoms with Crippen LogP contribution in [0.3, 0.4) is 0 Å². The highest BCUT2D eigenvalue weighted by Gasteiger charge is 2.19. The van der Waals surface area contributed by atoms with Crippen LogP contribution in [0.5, 0.6) is 0 Å². The molecule has 0 saturated heterocycles.